The molecule has 0 fully saturated rings. The minimum atomic E-state index is 0.654. The Labute approximate surface area is 72.8 Å². The molecule has 0 unspecified atom stereocenters. The standard InChI is InChI=1S/C10H12N2/c1-2-3-4-7-10-9(11)6-5-8-12-10/h5-6,8H,2-3,11H2,1H3. The van der Waals surface area contributed by atoms with Crippen LogP contribution < -0.4 is 5.73 Å². The Kier molecular flexibility index (Phi) is 3.16. The maximum Gasteiger partial charge on any atom is 0.136 e. The van der Waals surface area contributed by atoms with Gasteiger partial charge in [-0.25, -0.2) is 4.98 Å². The van der Waals surface area contributed by atoms with E-state index in [0.29, 0.717) is 11.4 Å². The first-order chi connectivity index (χ1) is 5.84. The Morgan fingerprint density at radius 3 is 3.08 bits per heavy atom. The van der Waals surface area contributed by atoms with Gasteiger partial charge in [0.15, 0.2) is 0 Å². The van der Waals surface area contributed by atoms with Crippen molar-refractivity contribution in [1.82, 2.24) is 4.98 Å². The van der Waals surface area contributed by atoms with Crippen molar-refractivity contribution in [2.45, 2.75) is 19.8 Å². The van der Waals surface area contributed by atoms with Crippen LogP contribution in [0.1, 0.15) is 25.5 Å². The third-order valence-corrected chi connectivity index (χ3v) is 1.42. The molecule has 1 aromatic rings. The predicted molar refractivity (Wildman–Crippen MR) is 50.4 cm³/mol. The van der Waals surface area contributed by atoms with Crippen LogP contribution in [-0.4, -0.2) is 4.98 Å². The van der Waals surface area contributed by atoms with E-state index in [1.807, 2.05) is 6.07 Å². The minimum Gasteiger partial charge on any atom is -0.396 e. The number of aromatic nitrogens is 1. The van der Waals surface area contributed by atoms with E-state index in [0.717, 1.165) is 12.8 Å². The van der Waals surface area contributed by atoms with Gasteiger partial charge in [-0.05, 0) is 24.5 Å². The molecule has 2 N–H and O–H groups in total. The van der Waals surface area contributed by atoms with Gasteiger partial charge in [0.05, 0.1) is 5.69 Å². The van der Waals surface area contributed by atoms with Gasteiger partial charge in [0, 0.05) is 12.6 Å². The highest BCUT2D eigenvalue weighted by Gasteiger charge is 1.91. The molecule has 12 heavy (non-hydrogen) atoms. The summed E-state index contributed by atoms with van der Waals surface area (Å²) in [5, 5.41) is 0. The molecular formula is C10H12N2. The van der Waals surface area contributed by atoms with Gasteiger partial charge >= 0.3 is 0 Å². The van der Waals surface area contributed by atoms with E-state index in [1.54, 1.807) is 12.3 Å². The van der Waals surface area contributed by atoms with E-state index >= 15 is 0 Å². The number of nitrogens with two attached hydrogens (primary N) is 1. The summed E-state index contributed by atoms with van der Waals surface area (Å²) in [7, 11) is 0. The Morgan fingerprint density at radius 2 is 2.42 bits per heavy atom. The summed E-state index contributed by atoms with van der Waals surface area (Å²) in [6.07, 6.45) is 3.67. The van der Waals surface area contributed by atoms with E-state index in [-0.39, 0.29) is 0 Å². The first kappa shape index (κ1) is 8.61. The zero-order valence-corrected chi connectivity index (χ0v) is 7.17. The van der Waals surface area contributed by atoms with E-state index in [9.17, 15) is 0 Å². The molecular weight excluding hydrogens is 148 g/mol. The third-order valence-electron chi connectivity index (χ3n) is 1.42. The third kappa shape index (κ3) is 2.28. The van der Waals surface area contributed by atoms with E-state index in [2.05, 4.69) is 23.7 Å². The van der Waals surface area contributed by atoms with Gasteiger partial charge in [0.2, 0.25) is 0 Å². The fourth-order valence-electron chi connectivity index (χ4n) is 0.793. The molecule has 0 amide bonds. The number of unbranched alkanes of at least 4 members (excludes halogenated alkanes) is 1. The Bertz CT molecular complexity index is 307. The maximum atomic E-state index is 5.64. The monoisotopic (exact) mass is 160 g/mol. The Hall–Kier alpha value is -1.49. The van der Waals surface area contributed by atoms with Crippen molar-refractivity contribution in [2.24, 2.45) is 0 Å². The van der Waals surface area contributed by atoms with Crippen molar-refractivity contribution < 1.29 is 0 Å². The number of nitrogens with zero attached hydrogens (tertiary/aromatic N) is 1. The van der Waals surface area contributed by atoms with Crippen molar-refractivity contribution in [3.8, 4) is 11.8 Å². The molecule has 1 heterocycles. The van der Waals surface area contributed by atoms with Crippen LogP contribution in [0.25, 0.3) is 0 Å². The molecule has 1 aromatic heterocycles. The summed E-state index contributed by atoms with van der Waals surface area (Å²) in [6.45, 7) is 2.09. The van der Waals surface area contributed by atoms with Gasteiger partial charge in [-0.3, -0.25) is 0 Å². The second-order valence-corrected chi connectivity index (χ2v) is 2.49. The lowest BCUT2D eigenvalue weighted by molar-refractivity contribution is 0.983. The van der Waals surface area contributed by atoms with Crippen molar-refractivity contribution in [2.75, 3.05) is 5.73 Å². The predicted octanol–water partition coefficient (Wildman–Crippen LogP) is 1.82. The Morgan fingerprint density at radius 1 is 1.58 bits per heavy atom. The van der Waals surface area contributed by atoms with Gasteiger partial charge in [-0.15, -0.1) is 0 Å². The molecule has 0 saturated carbocycles. The molecule has 62 valence electrons. The Balaban J connectivity index is 2.77. The van der Waals surface area contributed by atoms with Crippen LogP contribution in [-0.2, 0) is 0 Å². The van der Waals surface area contributed by atoms with Crippen LogP contribution in [0.4, 0.5) is 5.69 Å². The normalized spacial score (nSPS) is 8.75. The van der Waals surface area contributed by atoms with Gasteiger partial charge in [-0.1, -0.05) is 12.8 Å². The second-order valence-electron chi connectivity index (χ2n) is 2.49. The molecule has 0 bridgehead atoms. The molecule has 0 saturated heterocycles. The van der Waals surface area contributed by atoms with Crippen molar-refractivity contribution in [1.29, 1.82) is 0 Å². The molecule has 0 spiro atoms. The number of nitrogen functional groups attached to an aromatic ring is 1. The fraction of sp³-hybridized carbons (Fsp3) is 0.300. The van der Waals surface area contributed by atoms with Crippen molar-refractivity contribution in [3.05, 3.63) is 24.0 Å². The minimum absolute atomic E-state index is 0.654. The van der Waals surface area contributed by atoms with Crippen molar-refractivity contribution >= 4 is 5.69 Å². The second kappa shape index (κ2) is 4.40. The number of rotatable bonds is 1. The van der Waals surface area contributed by atoms with Gasteiger partial charge in [0.25, 0.3) is 0 Å². The molecule has 0 aliphatic carbocycles. The zero-order chi connectivity index (χ0) is 8.81. The largest absolute Gasteiger partial charge is 0.396 e. The quantitative estimate of drug-likeness (QED) is 0.636. The SMILES string of the molecule is CCCC#Cc1ncccc1N. The summed E-state index contributed by atoms with van der Waals surface area (Å²) < 4.78 is 0. The van der Waals surface area contributed by atoms with E-state index in [1.165, 1.54) is 0 Å². The van der Waals surface area contributed by atoms with Gasteiger partial charge in [0.1, 0.15) is 5.69 Å². The molecule has 0 radical (unpaired) electrons. The zero-order valence-electron chi connectivity index (χ0n) is 7.17. The fourth-order valence-corrected chi connectivity index (χ4v) is 0.793. The molecule has 2 nitrogen and oxygen atoms in total. The highest BCUT2D eigenvalue weighted by atomic mass is 14.7. The molecule has 2 heteroatoms. The smallest absolute Gasteiger partial charge is 0.136 e. The molecule has 0 aromatic carbocycles. The average Bonchev–Trinajstić information content (AvgIpc) is 2.09. The number of pyridine rings is 1. The summed E-state index contributed by atoms with van der Waals surface area (Å²) in [4.78, 5) is 4.05. The first-order valence-corrected chi connectivity index (χ1v) is 4.04. The van der Waals surface area contributed by atoms with Crippen LogP contribution in [0.15, 0.2) is 18.3 Å². The maximum absolute atomic E-state index is 5.64. The molecule has 0 aliphatic rings. The van der Waals surface area contributed by atoms with Gasteiger partial charge in [-0.2, -0.15) is 0 Å². The van der Waals surface area contributed by atoms with E-state index in [4.69, 9.17) is 5.73 Å². The van der Waals surface area contributed by atoms with Crippen LogP contribution >= 0.6 is 0 Å². The van der Waals surface area contributed by atoms with Crippen LogP contribution in [0.3, 0.4) is 0 Å². The topological polar surface area (TPSA) is 38.9 Å². The number of hydrogen-bond donors (Lipinski definition) is 1. The lowest BCUT2D eigenvalue weighted by atomic mass is 10.3. The lowest BCUT2D eigenvalue weighted by Gasteiger charge is -1.93. The summed E-state index contributed by atoms with van der Waals surface area (Å²) in [5.74, 6) is 5.93. The van der Waals surface area contributed by atoms with Gasteiger partial charge < -0.3 is 5.73 Å². The summed E-state index contributed by atoms with van der Waals surface area (Å²) >= 11 is 0. The van der Waals surface area contributed by atoms with Crippen molar-refractivity contribution in [3.63, 3.8) is 0 Å². The highest BCUT2D eigenvalue weighted by Crippen LogP contribution is 2.04. The van der Waals surface area contributed by atoms with Crippen LogP contribution in [0, 0.1) is 11.8 Å². The number of anilines is 1. The van der Waals surface area contributed by atoms with Crippen LogP contribution in [0.2, 0.25) is 0 Å². The highest BCUT2D eigenvalue weighted by molar-refractivity contribution is 5.50. The molecule has 0 aliphatic heterocycles. The molecule has 1 rings (SSSR count). The number of hydrogen-bond acceptors (Lipinski definition) is 2. The summed E-state index contributed by atoms with van der Waals surface area (Å²) in [6, 6.07) is 3.61. The average molecular weight is 160 g/mol. The molecule has 0 atom stereocenters. The lowest BCUT2D eigenvalue weighted by Crippen LogP contribution is -1.91. The van der Waals surface area contributed by atoms with Crippen LogP contribution in [0.5, 0.6) is 0 Å². The first-order valence-electron chi connectivity index (χ1n) is 4.04. The van der Waals surface area contributed by atoms with E-state index < -0.39 is 0 Å². The summed E-state index contributed by atoms with van der Waals surface area (Å²) in [5.41, 5.74) is 6.98.